The second-order valence-electron chi connectivity index (χ2n) is 10.4. The van der Waals surface area contributed by atoms with Gasteiger partial charge in [-0.05, 0) is 33.2 Å². The molecular formula is C22H47N3Si2. The molecule has 0 spiro atoms. The van der Waals surface area contributed by atoms with Gasteiger partial charge in [0.15, 0.2) is 16.5 Å². The number of hydrogen-bond donors (Lipinski definition) is 0. The maximum Gasteiger partial charge on any atom is 0.155 e. The average molecular weight is 410 g/mol. The minimum absolute atomic E-state index is 0.695. The van der Waals surface area contributed by atoms with Crippen LogP contribution in [0, 0.1) is 0 Å². The molecule has 1 heterocycles. The third-order valence-corrected chi connectivity index (χ3v) is 22.8. The minimum atomic E-state index is -1.87. The van der Waals surface area contributed by atoms with Crippen LogP contribution in [0.25, 0.3) is 0 Å². The van der Waals surface area contributed by atoms with Crippen LogP contribution in [0.2, 0.25) is 33.2 Å². The Morgan fingerprint density at radius 2 is 0.963 bits per heavy atom. The van der Waals surface area contributed by atoms with Gasteiger partial charge in [0.05, 0.1) is 11.9 Å². The highest BCUT2D eigenvalue weighted by atomic mass is 28.4. The van der Waals surface area contributed by atoms with Crippen molar-refractivity contribution >= 4 is 22.2 Å². The molecular weight excluding hydrogens is 362 g/mol. The second kappa shape index (κ2) is 8.85. The van der Waals surface area contributed by atoms with Crippen molar-refractivity contribution in [2.24, 2.45) is 7.05 Å². The fourth-order valence-electron chi connectivity index (χ4n) is 6.86. The molecule has 0 aliphatic rings. The lowest BCUT2D eigenvalue weighted by atomic mass is 10.5. The van der Waals surface area contributed by atoms with E-state index in [0.29, 0.717) is 33.2 Å². The van der Waals surface area contributed by atoms with Crippen molar-refractivity contribution in [2.45, 2.75) is 116 Å². The molecule has 0 radical (unpaired) electrons. The third-order valence-electron chi connectivity index (χ3n) is 7.27. The van der Waals surface area contributed by atoms with Crippen LogP contribution in [-0.2, 0) is 7.05 Å². The molecule has 1 aromatic heterocycles. The van der Waals surface area contributed by atoms with Crippen LogP contribution < -0.4 is 4.23 Å². The number of hydrogen-bond acceptors (Lipinski definition) is 2. The van der Waals surface area contributed by atoms with Crippen molar-refractivity contribution in [1.82, 2.24) is 9.78 Å². The fraction of sp³-hybridized carbons (Fsp3) is 0.864. The molecule has 3 nitrogen and oxygen atoms in total. The average Bonchev–Trinajstić information content (AvgIpc) is 2.90. The van der Waals surface area contributed by atoms with Crippen LogP contribution in [0.4, 0.5) is 5.69 Å². The van der Waals surface area contributed by atoms with Crippen molar-refractivity contribution < 1.29 is 0 Å². The van der Waals surface area contributed by atoms with Crippen LogP contribution >= 0.6 is 0 Å². The Morgan fingerprint density at radius 1 is 0.667 bits per heavy atom. The van der Waals surface area contributed by atoms with E-state index in [-0.39, 0.29) is 0 Å². The Balaban J connectivity index is 4.06. The van der Waals surface area contributed by atoms with E-state index in [4.69, 9.17) is 0 Å². The van der Waals surface area contributed by atoms with E-state index in [0.717, 1.165) is 0 Å². The number of rotatable bonds is 9. The molecule has 0 saturated heterocycles. The number of nitrogens with zero attached hydrogens (tertiary/aromatic N) is 3. The van der Waals surface area contributed by atoms with Crippen LogP contribution in [0.3, 0.4) is 0 Å². The van der Waals surface area contributed by atoms with Gasteiger partial charge in [0, 0.05) is 13.2 Å². The summed E-state index contributed by atoms with van der Waals surface area (Å²) in [4.78, 5) is 0. The highest BCUT2D eigenvalue weighted by Gasteiger charge is 2.59. The van der Waals surface area contributed by atoms with E-state index < -0.39 is 16.5 Å². The van der Waals surface area contributed by atoms with Gasteiger partial charge in [0.25, 0.3) is 0 Å². The highest BCUT2D eigenvalue weighted by Crippen LogP contribution is 2.55. The van der Waals surface area contributed by atoms with Crippen molar-refractivity contribution in [3.8, 4) is 0 Å². The molecule has 0 aromatic carbocycles. The molecule has 0 atom stereocenters. The lowest BCUT2D eigenvalue weighted by Crippen LogP contribution is -2.74. The Bertz CT molecular complexity index is 513. The summed E-state index contributed by atoms with van der Waals surface area (Å²) in [5.41, 5.74) is 5.56. The lowest BCUT2D eigenvalue weighted by molar-refractivity contribution is 0.758. The van der Waals surface area contributed by atoms with E-state index in [1.54, 1.807) is 0 Å². The molecule has 0 aliphatic heterocycles. The van der Waals surface area contributed by atoms with Gasteiger partial charge >= 0.3 is 0 Å². The molecule has 158 valence electrons. The first-order valence-corrected chi connectivity index (χ1v) is 15.4. The van der Waals surface area contributed by atoms with Gasteiger partial charge in [-0.25, -0.2) is 0 Å². The van der Waals surface area contributed by atoms with Crippen molar-refractivity contribution in [3.05, 3.63) is 12.4 Å². The molecule has 0 aliphatic carbocycles. The zero-order valence-corrected chi connectivity index (χ0v) is 22.5. The maximum absolute atomic E-state index is 4.64. The van der Waals surface area contributed by atoms with Gasteiger partial charge in [0.1, 0.15) is 0 Å². The molecule has 0 N–H and O–H groups in total. The van der Waals surface area contributed by atoms with Crippen LogP contribution in [0.1, 0.15) is 83.1 Å². The molecule has 1 rings (SSSR count). The molecule has 0 bridgehead atoms. The van der Waals surface area contributed by atoms with Gasteiger partial charge in [-0.1, -0.05) is 83.1 Å². The quantitative estimate of drug-likeness (QED) is 0.392. The maximum atomic E-state index is 4.64. The standard InChI is InChI=1S/C22H47N3Si2/c1-16(2)26(17(3)4,18(5)6)25(22-14-23-24(13)15-22)27(19(7)8,20(9)10)21(11)12/h14-21H,1-13H3. The molecule has 0 amide bonds. The third kappa shape index (κ3) is 3.83. The monoisotopic (exact) mass is 409 g/mol. The van der Waals surface area contributed by atoms with Crippen molar-refractivity contribution in [2.75, 3.05) is 4.23 Å². The first kappa shape index (κ1) is 24.5. The van der Waals surface area contributed by atoms with Gasteiger partial charge in [-0.15, -0.1) is 0 Å². The number of aromatic nitrogens is 2. The summed E-state index contributed by atoms with van der Waals surface area (Å²) in [7, 11) is -1.67. The smallest absolute Gasteiger partial charge is 0.155 e. The summed E-state index contributed by atoms with van der Waals surface area (Å²) in [6, 6.07) is 0. The van der Waals surface area contributed by atoms with E-state index >= 15 is 0 Å². The van der Waals surface area contributed by atoms with Crippen molar-refractivity contribution in [1.29, 1.82) is 0 Å². The van der Waals surface area contributed by atoms with E-state index in [9.17, 15) is 0 Å². The highest BCUT2D eigenvalue weighted by molar-refractivity contribution is 7.05. The van der Waals surface area contributed by atoms with Crippen LogP contribution in [0.15, 0.2) is 12.4 Å². The van der Waals surface area contributed by atoms with Gasteiger partial charge in [-0.2, -0.15) is 5.10 Å². The molecule has 1 aromatic rings. The normalized spacial score (nSPS) is 13.9. The van der Waals surface area contributed by atoms with Crippen molar-refractivity contribution in [3.63, 3.8) is 0 Å². The zero-order valence-electron chi connectivity index (χ0n) is 20.5. The summed E-state index contributed by atoms with van der Waals surface area (Å²) >= 11 is 0. The van der Waals surface area contributed by atoms with Gasteiger partial charge in [0.2, 0.25) is 0 Å². The number of aryl methyl sites for hydroxylation is 1. The Hall–Kier alpha value is -0.556. The van der Waals surface area contributed by atoms with E-state index in [1.807, 2.05) is 4.68 Å². The fourth-order valence-corrected chi connectivity index (χ4v) is 26.4. The van der Waals surface area contributed by atoms with E-state index in [2.05, 4.69) is 112 Å². The Morgan fingerprint density at radius 3 is 1.15 bits per heavy atom. The van der Waals surface area contributed by atoms with Gasteiger partial charge in [-0.3, -0.25) is 4.68 Å². The van der Waals surface area contributed by atoms with Crippen LogP contribution in [0.5, 0.6) is 0 Å². The topological polar surface area (TPSA) is 21.1 Å². The summed E-state index contributed by atoms with van der Waals surface area (Å²) in [6.07, 6.45) is 4.45. The molecule has 5 heteroatoms. The molecule has 0 fully saturated rings. The Labute approximate surface area is 172 Å². The first-order chi connectivity index (χ1) is 12.3. The van der Waals surface area contributed by atoms with Gasteiger partial charge < -0.3 is 4.23 Å². The summed E-state index contributed by atoms with van der Waals surface area (Å²) in [6.45, 7) is 29.9. The Kier molecular flexibility index (Phi) is 8.03. The van der Waals surface area contributed by atoms with E-state index in [1.165, 1.54) is 5.69 Å². The molecule has 27 heavy (non-hydrogen) atoms. The predicted molar refractivity (Wildman–Crippen MR) is 128 cm³/mol. The zero-order chi connectivity index (χ0) is 21.3. The predicted octanol–water partition coefficient (Wildman–Crippen LogP) is 7.58. The second-order valence-corrected chi connectivity index (χ2v) is 22.2. The lowest BCUT2D eigenvalue weighted by Gasteiger charge is -2.63. The number of anilines is 1. The molecule has 0 saturated carbocycles. The summed E-state index contributed by atoms with van der Waals surface area (Å²) in [5, 5.41) is 4.64. The first-order valence-electron chi connectivity index (χ1n) is 11.1. The largest absolute Gasteiger partial charge is 0.420 e. The van der Waals surface area contributed by atoms with Crippen LogP contribution in [-0.4, -0.2) is 26.3 Å². The summed E-state index contributed by atoms with van der Waals surface area (Å²) < 4.78 is 5.12. The molecule has 0 unspecified atom stereocenters. The summed E-state index contributed by atoms with van der Waals surface area (Å²) in [5.74, 6) is 0. The minimum Gasteiger partial charge on any atom is -0.420 e. The SMILES string of the molecule is CC(C)[Si](C(C)C)(C(C)C)N(c1cnn(C)c1)[Si](C(C)C)(C(C)C)C(C)C.